The molecule has 1 atom stereocenters. The zero-order chi connectivity index (χ0) is 11.4. The van der Waals surface area contributed by atoms with E-state index in [1.165, 1.54) is 32.1 Å². The van der Waals surface area contributed by atoms with Gasteiger partial charge in [-0.1, -0.05) is 26.2 Å². The van der Waals surface area contributed by atoms with E-state index in [9.17, 15) is 0 Å². The van der Waals surface area contributed by atoms with Gasteiger partial charge in [-0.3, -0.25) is 0 Å². The third kappa shape index (κ3) is 2.37. The SMILES string of the molecule is CCC(C1CCCCC1)n1nnnc1CCl. The summed E-state index contributed by atoms with van der Waals surface area (Å²) in [6.07, 6.45) is 7.77. The molecule has 1 fully saturated rings. The third-order valence-corrected chi connectivity index (χ3v) is 3.85. The van der Waals surface area contributed by atoms with Gasteiger partial charge in [0.05, 0.1) is 11.9 Å². The summed E-state index contributed by atoms with van der Waals surface area (Å²) in [4.78, 5) is 0. The lowest BCUT2D eigenvalue weighted by molar-refractivity contribution is 0.223. The molecule has 0 saturated heterocycles. The van der Waals surface area contributed by atoms with Gasteiger partial charge >= 0.3 is 0 Å². The first-order valence-corrected chi connectivity index (χ1v) is 6.73. The van der Waals surface area contributed by atoms with Crippen molar-refractivity contribution in [3.8, 4) is 0 Å². The average molecular weight is 243 g/mol. The number of hydrogen-bond donors (Lipinski definition) is 0. The summed E-state index contributed by atoms with van der Waals surface area (Å²) < 4.78 is 1.95. The van der Waals surface area contributed by atoms with Gasteiger partial charge in [0, 0.05) is 0 Å². The second-order valence-corrected chi connectivity index (χ2v) is 4.81. The Kier molecular flexibility index (Phi) is 4.16. The number of hydrogen-bond acceptors (Lipinski definition) is 3. The van der Waals surface area contributed by atoms with Crippen LogP contribution in [0.3, 0.4) is 0 Å². The van der Waals surface area contributed by atoms with E-state index in [0.29, 0.717) is 11.9 Å². The standard InChI is InChI=1S/C11H19ClN4/c1-2-10(9-6-4-3-5-7-9)16-11(8-12)13-14-15-16/h9-10H,2-8H2,1H3. The smallest absolute Gasteiger partial charge is 0.166 e. The van der Waals surface area contributed by atoms with Crippen molar-refractivity contribution in [1.29, 1.82) is 0 Å². The van der Waals surface area contributed by atoms with Gasteiger partial charge in [0.25, 0.3) is 0 Å². The fourth-order valence-corrected chi connectivity index (χ4v) is 2.96. The normalized spacial score (nSPS) is 19.9. The Morgan fingerprint density at radius 3 is 2.75 bits per heavy atom. The molecule has 0 aliphatic heterocycles. The Morgan fingerprint density at radius 1 is 1.38 bits per heavy atom. The molecule has 1 heterocycles. The molecule has 1 aliphatic rings. The minimum Gasteiger partial charge on any atom is -0.225 e. The Balaban J connectivity index is 2.14. The van der Waals surface area contributed by atoms with E-state index in [-0.39, 0.29) is 0 Å². The molecule has 0 spiro atoms. The average Bonchev–Trinajstić information content (AvgIpc) is 2.80. The van der Waals surface area contributed by atoms with Crippen LogP contribution in [0.2, 0.25) is 0 Å². The maximum absolute atomic E-state index is 5.85. The quantitative estimate of drug-likeness (QED) is 0.763. The molecule has 90 valence electrons. The molecule has 0 N–H and O–H groups in total. The lowest BCUT2D eigenvalue weighted by Crippen LogP contribution is -2.23. The van der Waals surface area contributed by atoms with Crippen LogP contribution in [0.15, 0.2) is 0 Å². The molecule has 1 aliphatic carbocycles. The summed E-state index contributed by atoms with van der Waals surface area (Å²) in [5, 5.41) is 11.8. The highest BCUT2D eigenvalue weighted by molar-refractivity contribution is 6.16. The Hall–Kier alpha value is -0.640. The van der Waals surface area contributed by atoms with Crippen LogP contribution in [0.5, 0.6) is 0 Å². The molecule has 16 heavy (non-hydrogen) atoms. The van der Waals surface area contributed by atoms with Crippen LogP contribution in [0, 0.1) is 5.92 Å². The highest BCUT2D eigenvalue weighted by atomic mass is 35.5. The van der Waals surface area contributed by atoms with Gasteiger partial charge in [0.1, 0.15) is 0 Å². The van der Waals surface area contributed by atoms with E-state index in [0.717, 1.165) is 18.2 Å². The molecule has 4 nitrogen and oxygen atoms in total. The summed E-state index contributed by atoms with van der Waals surface area (Å²) in [6, 6.07) is 0.434. The molecular weight excluding hydrogens is 224 g/mol. The van der Waals surface area contributed by atoms with Gasteiger partial charge in [-0.05, 0) is 35.6 Å². The predicted octanol–water partition coefficient (Wildman–Crippen LogP) is 2.94. The highest BCUT2D eigenvalue weighted by Crippen LogP contribution is 2.34. The van der Waals surface area contributed by atoms with Crippen LogP contribution in [0.25, 0.3) is 0 Å². The predicted molar refractivity (Wildman–Crippen MR) is 63.3 cm³/mol. The molecule has 1 saturated carbocycles. The minimum atomic E-state index is 0.399. The second kappa shape index (κ2) is 5.62. The lowest BCUT2D eigenvalue weighted by Gasteiger charge is -2.29. The largest absolute Gasteiger partial charge is 0.225 e. The van der Waals surface area contributed by atoms with E-state index in [4.69, 9.17) is 11.6 Å². The van der Waals surface area contributed by atoms with Crippen molar-refractivity contribution in [1.82, 2.24) is 20.2 Å². The zero-order valence-corrected chi connectivity index (χ0v) is 10.5. The first kappa shape index (κ1) is 11.8. The fraction of sp³-hybridized carbons (Fsp3) is 0.909. The Bertz CT molecular complexity index is 320. The molecule has 0 radical (unpaired) electrons. The van der Waals surface area contributed by atoms with Crippen molar-refractivity contribution in [2.75, 3.05) is 0 Å². The molecule has 0 amide bonds. The van der Waals surface area contributed by atoms with Crippen LogP contribution in [0.4, 0.5) is 0 Å². The zero-order valence-electron chi connectivity index (χ0n) is 9.77. The molecule has 0 aromatic carbocycles. The van der Waals surface area contributed by atoms with E-state index in [1.54, 1.807) is 0 Å². The van der Waals surface area contributed by atoms with Gasteiger partial charge in [0.15, 0.2) is 5.82 Å². The number of alkyl halides is 1. The highest BCUT2D eigenvalue weighted by Gasteiger charge is 2.26. The lowest BCUT2D eigenvalue weighted by atomic mass is 9.83. The summed E-state index contributed by atoms with van der Waals surface area (Å²) in [5.74, 6) is 1.93. The van der Waals surface area contributed by atoms with Crippen LogP contribution >= 0.6 is 11.6 Å². The monoisotopic (exact) mass is 242 g/mol. The first-order valence-electron chi connectivity index (χ1n) is 6.19. The van der Waals surface area contributed by atoms with Crippen molar-refractivity contribution >= 4 is 11.6 Å². The van der Waals surface area contributed by atoms with Gasteiger partial charge in [-0.2, -0.15) is 0 Å². The Morgan fingerprint density at radius 2 is 2.12 bits per heavy atom. The van der Waals surface area contributed by atoms with Crippen molar-refractivity contribution < 1.29 is 0 Å². The van der Waals surface area contributed by atoms with Crippen LogP contribution in [-0.4, -0.2) is 20.2 Å². The summed E-state index contributed by atoms with van der Waals surface area (Å²) >= 11 is 5.85. The summed E-state index contributed by atoms with van der Waals surface area (Å²) in [6.45, 7) is 2.21. The Labute approximate surface area is 101 Å². The van der Waals surface area contributed by atoms with Crippen LogP contribution in [0.1, 0.15) is 57.3 Å². The minimum absolute atomic E-state index is 0.399. The van der Waals surface area contributed by atoms with Crippen LogP contribution in [-0.2, 0) is 5.88 Å². The maximum Gasteiger partial charge on any atom is 0.166 e. The number of aromatic nitrogens is 4. The molecule has 0 bridgehead atoms. The molecule has 1 aromatic rings. The molecule has 1 aromatic heterocycles. The summed E-state index contributed by atoms with van der Waals surface area (Å²) in [7, 11) is 0. The van der Waals surface area contributed by atoms with Crippen molar-refractivity contribution in [3.05, 3.63) is 5.82 Å². The molecule has 1 unspecified atom stereocenters. The van der Waals surface area contributed by atoms with Crippen molar-refractivity contribution in [3.63, 3.8) is 0 Å². The topological polar surface area (TPSA) is 43.6 Å². The van der Waals surface area contributed by atoms with E-state index in [2.05, 4.69) is 22.4 Å². The number of rotatable bonds is 4. The van der Waals surface area contributed by atoms with E-state index < -0.39 is 0 Å². The molecule has 2 rings (SSSR count). The van der Waals surface area contributed by atoms with E-state index >= 15 is 0 Å². The fourth-order valence-electron chi connectivity index (χ4n) is 2.78. The second-order valence-electron chi connectivity index (χ2n) is 4.55. The first-order chi connectivity index (χ1) is 7.86. The van der Waals surface area contributed by atoms with Crippen molar-refractivity contribution in [2.24, 2.45) is 5.92 Å². The van der Waals surface area contributed by atoms with Gasteiger partial charge in [-0.15, -0.1) is 16.7 Å². The van der Waals surface area contributed by atoms with Gasteiger partial charge in [0.2, 0.25) is 0 Å². The molecule has 5 heteroatoms. The molecular formula is C11H19ClN4. The third-order valence-electron chi connectivity index (χ3n) is 3.61. The summed E-state index contributed by atoms with van der Waals surface area (Å²) in [5.41, 5.74) is 0. The van der Waals surface area contributed by atoms with Crippen LogP contribution < -0.4 is 0 Å². The van der Waals surface area contributed by atoms with Gasteiger partial charge in [-0.25, -0.2) is 4.68 Å². The number of nitrogens with zero attached hydrogens (tertiary/aromatic N) is 4. The number of tetrazole rings is 1. The van der Waals surface area contributed by atoms with E-state index in [1.807, 2.05) is 4.68 Å². The maximum atomic E-state index is 5.85. The number of halogens is 1. The van der Waals surface area contributed by atoms with Crippen molar-refractivity contribution in [2.45, 2.75) is 57.4 Å². The van der Waals surface area contributed by atoms with Gasteiger partial charge < -0.3 is 0 Å².